The van der Waals surface area contributed by atoms with Crippen molar-refractivity contribution in [2.45, 2.75) is 50.7 Å². The minimum atomic E-state index is 0.219. The van der Waals surface area contributed by atoms with Crippen molar-refractivity contribution in [3.63, 3.8) is 0 Å². The summed E-state index contributed by atoms with van der Waals surface area (Å²) in [5.74, 6) is 0.351. The maximum absolute atomic E-state index is 11.4. The van der Waals surface area contributed by atoms with Gasteiger partial charge in [0.25, 0.3) is 0 Å². The van der Waals surface area contributed by atoms with Crippen LogP contribution in [-0.2, 0) is 4.79 Å². The Labute approximate surface area is 85.8 Å². The SMILES string of the molecule is CNC1CCC2CCC(C(C)=O)N2C1. The lowest BCUT2D eigenvalue weighted by atomic mass is 9.99. The third-order valence-corrected chi connectivity index (χ3v) is 3.80. The Morgan fingerprint density at radius 2 is 2.00 bits per heavy atom. The average Bonchev–Trinajstić information content (AvgIpc) is 2.59. The van der Waals surface area contributed by atoms with Crippen molar-refractivity contribution in [2.24, 2.45) is 0 Å². The van der Waals surface area contributed by atoms with E-state index in [0.717, 1.165) is 13.0 Å². The smallest absolute Gasteiger partial charge is 0.146 e. The number of fused-ring (bicyclic) bond motifs is 1. The molecule has 1 N–H and O–H groups in total. The van der Waals surface area contributed by atoms with Crippen LogP contribution in [0.2, 0.25) is 0 Å². The van der Waals surface area contributed by atoms with E-state index in [0.29, 0.717) is 17.9 Å². The minimum Gasteiger partial charge on any atom is -0.316 e. The van der Waals surface area contributed by atoms with Gasteiger partial charge in [-0.05, 0) is 39.7 Å². The zero-order chi connectivity index (χ0) is 10.1. The molecule has 0 radical (unpaired) electrons. The molecule has 2 rings (SSSR count). The van der Waals surface area contributed by atoms with Gasteiger partial charge in [0.05, 0.1) is 6.04 Å². The first kappa shape index (κ1) is 10.1. The first-order valence-corrected chi connectivity index (χ1v) is 5.66. The molecule has 3 nitrogen and oxygen atoms in total. The fourth-order valence-corrected chi connectivity index (χ4v) is 2.93. The highest BCUT2D eigenvalue weighted by Crippen LogP contribution is 2.31. The summed E-state index contributed by atoms with van der Waals surface area (Å²) >= 11 is 0. The molecule has 3 unspecified atom stereocenters. The van der Waals surface area contributed by atoms with Gasteiger partial charge < -0.3 is 5.32 Å². The molecule has 2 aliphatic rings. The molecule has 2 heterocycles. The topological polar surface area (TPSA) is 32.3 Å². The average molecular weight is 196 g/mol. The molecule has 0 aromatic heterocycles. The van der Waals surface area contributed by atoms with Crippen LogP contribution in [0.1, 0.15) is 32.6 Å². The molecule has 14 heavy (non-hydrogen) atoms. The lowest BCUT2D eigenvalue weighted by Crippen LogP contribution is -2.51. The van der Waals surface area contributed by atoms with Gasteiger partial charge in [0.1, 0.15) is 5.78 Å². The Morgan fingerprint density at radius 3 is 2.64 bits per heavy atom. The molecule has 0 aromatic carbocycles. The van der Waals surface area contributed by atoms with E-state index in [2.05, 4.69) is 10.2 Å². The van der Waals surface area contributed by atoms with E-state index in [1.165, 1.54) is 19.3 Å². The number of hydrogen-bond acceptors (Lipinski definition) is 3. The lowest BCUT2D eigenvalue weighted by molar-refractivity contribution is -0.122. The summed E-state index contributed by atoms with van der Waals surface area (Å²) in [6.45, 7) is 2.79. The fourth-order valence-electron chi connectivity index (χ4n) is 2.93. The normalized spacial score (nSPS) is 38.3. The second kappa shape index (κ2) is 3.99. The van der Waals surface area contributed by atoms with Crippen LogP contribution in [0, 0.1) is 0 Å². The molecule has 0 aromatic rings. The van der Waals surface area contributed by atoms with E-state index >= 15 is 0 Å². The Kier molecular flexibility index (Phi) is 2.88. The molecule has 0 bridgehead atoms. The number of carbonyl (C=O) groups excluding carboxylic acids is 1. The summed E-state index contributed by atoms with van der Waals surface area (Å²) in [6, 6.07) is 1.50. The number of ketones is 1. The zero-order valence-corrected chi connectivity index (χ0v) is 9.12. The van der Waals surface area contributed by atoms with Crippen LogP contribution >= 0.6 is 0 Å². The van der Waals surface area contributed by atoms with Gasteiger partial charge in [0, 0.05) is 18.6 Å². The molecular formula is C11H20N2O. The summed E-state index contributed by atoms with van der Waals surface area (Å²) in [5, 5.41) is 3.32. The summed E-state index contributed by atoms with van der Waals surface area (Å²) in [4.78, 5) is 13.9. The maximum Gasteiger partial charge on any atom is 0.146 e. The number of Topliss-reactive ketones (excluding diaryl/α,β-unsaturated/α-hetero) is 1. The van der Waals surface area contributed by atoms with Crippen LogP contribution in [0.25, 0.3) is 0 Å². The highest BCUT2D eigenvalue weighted by molar-refractivity contribution is 5.81. The third-order valence-electron chi connectivity index (χ3n) is 3.80. The molecule has 2 aliphatic heterocycles. The van der Waals surface area contributed by atoms with Crippen LogP contribution in [0.15, 0.2) is 0 Å². The monoisotopic (exact) mass is 196 g/mol. The first-order valence-electron chi connectivity index (χ1n) is 5.66. The summed E-state index contributed by atoms with van der Waals surface area (Å²) < 4.78 is 0. The van der Waals surface area contributed by atoms with E-state index < -0.39 is 0 Å². The molecule has 0 aliphatic carbocycles. The van der Waals surface area contributed by atoms with Crippen molar-refractivity contribution in [1.29, 1.82) is 0 Å². The Morgan fingerprint density at radius 1 is 1.29 bits per heavy atom. The number of piperidine rings is 1. The van der Waals surface area contributed by atoms with Crippen molar-refractivity contribution in [1.82, 2.24) is 10.2 Å². The zero-order valence-electron chi connectivity index (χ0n) is 9.12. The van der Waals surface area contributed by atoms with Crippen LogP contribution in [0.4, 0.5) is 0 Å². The van der Waals surface area contributed by atoms with E-state index in [4.69, 9.17) is 0 Å². The van der Waals surface area contributed by atoms with E-state index in [9.17, 15) is 4.79 Å². The summed E-state index contributed by atoms with van der Waals surface area (Å²) in [6.07, 6.45) is 4.83. The van der Waals surface area contributed by atoms with Gasteiger partial charge >= 0.3 is 0 Å². The number of hydrogen-bond donors (Lipinski definition) is 1. The largest absolute Gasteiger partial charge is 0.316 e. The van der Waals surface area contributed by atoms with Crippen molar-refractivity contribution < 1.29 is 4.79 Å². The third kappa shape index (κ3) is 1.71. The first-order chi connectivity index (χ1) is 6.72. The highest BCUT2D eigenvalue weighted by atomic mass is 16.1. The summed E-state index contributed by atoms with van der Waals surface area (Å²) in [5.41, 5.74) is 0. The van der Waals surface area contributed by atoms with E-state index in [1.807, 2.05) is 7.05 Å². The van der Waals surface area contributed by atoms with Gasteiger partial charge in [-0.25, -0.2) is 0 Å². The number of nitrogens with zero attached hydrogens (tertiary/aromatic N) is 1. The molecule has 2 saturated heterocycles. The van der Waals surface area contributed by atoms with Crippen LogP contribution in [0.3, 0.4) is 0 Å². The summed E-state index contributed by atoms with van der Waals surface area (Å²) in [7, 11) is 2.02. The highest BCUT2D eigenvalue weighted by Gasteiger charge is 2.39. The predicted molar refractivity (Wildman–Crippen MR) is 56.3 cm³/mol. The molecule has 3 atom stereocenters. The Hall–Kier alpha value is -0.410. The van der Waals surface area contributed by atoms with E-state index in [1.54, 1.807) is 6.92 Å². The van der Waals surface area contributed by atoms with Crippen LogP contribution in [0.5, 0.6) is 0 Å². The van der Waals surface area contributed by atoms with Crippen molar-refractivity contribution >= 4 is 5.78 Å². The number of nitrogens with one attached hydrogen (secondary N) is 1. The van der Waals surface area contributed by atoms with E-state index in [-0.39, 0.29) is 6.04 Å². The maximum atomic E-state index is 11.4. The molecular weight excluding hydrogens is 176 g/mol. The number of likely N-dealkylation sites (N-methyl/N-ethyl adjacent to an activating group) is 1. The Balaban J connectivity index is 2.03. The van der Waals surface area contributed by atoms with Gasteiger partial charge in [-0.3, -0.25) is 9.69 Å². The van der Waals surface area contributed by atoms with Crippen molar-refractivity contribution in [3.8, 4) is 0 Å². The standard InChI is InChI=1S/C11H20N2O/c1-8(14)11-6-5-10-4-3-9(12-2)7-13(10)11/h9-12H,3-7H2,1-2H3. The number of carbonyl (C=O) groups is 1. The molecule has 80 valence electrons. The van der Waals surface area contributed by atoms with Gasteiger partial charge in [0.2, 0.25) is 0 Å². The lowest BCUT2D eigenvalue weighted by Gasteiger charge is -2.37. The second-order valence-electron chi connectivity index (χ2n) is 4.62. The number of rotatable bonds is 2. The van der Waals surface area contributed by atoms with Crippen LogP contribution in [-0.4, -0.2) is 42.4 Å². The van der Waals surface area contributed by atoms with Crippen LogP contribution < -0.4 is 5.32 Å². The quantitative estimate of drug-likeness (QED) is 0.708. The molecule has 0 spiro atoms. The predicted octanol–water partition coefficient (Wildman–Crippen LogP) is 0.790. The van der Waals surface area contributed by atoms with Gasteiger partial charge in [-0.2, -0.15) is 0 Å². The molecule has 0 amide bonds. The minimum absolute atomic E-state index is 0.219. The molecule has 0 saturated carbocycles. The van der Waals surface area contributed by atoms with Gasteiger partial charge in [0.15, 0.2) is 0 Å². The molecule has 3 heteroatoms. The van der Waals surface area contributed by atoms with Gasteiger partial charge in [-0.15, -0.1) is 0 Å². The second-order valence-corrected chi connectivity index (χ2v) is 4.62. The van der Waals surface area contributed by atoms with Crippen molar-refractivity contribution in [3.05, 3.63) is 0 Å². The fraction of sp³-hybridized carbons (Fsp3) is 0.909. The Bertz CT molecular complexity index is 229. The molecule has 2 fully saturated rings. The van der Waals surface area contributed by atoms with Crippen molar-refractivity contribution in [2.75, 3.05) is 13.6 Å². The van der Waals surface area contributed by atoms with Gasteiger partial charge in [-0.1, -0.05) is 0 Å².